The van der Waals surface area contributed by atoms with Crippen LogP contribution in [0.15, 0.2) is 18.2 Å². The largest absolute Gasteiger partial charge is 0.496 e. The molecule has 4 aliphatic rings. The van der Waals surface area contributed by atoms with Gasteiger partial charge in [0.2, 0.25) is 0 Å². The fraction of sp³-hybridized carbons (Fsp3) is 0.565. The van der Waals surface area contributed by atoms with Gasteiger partial charge in [-0.15, -0.1) is 0 Å². The van der Waals surface area contributed by atoms with E-state index in [1.165, 1.54) is 21.3 Å². The third kappa shape index (κ3) is 2.53. The van der Waals surface area contributed by atoms with E-state index in [2.05, 4.69) is 0 Å². The van der Waals surface area contributed by atoms with E-state index in [9.17, 15) is 14.7 Å². The van der Waals surface area contributed by atoms with Crippen LogP contribution < -0.4 is 4.74 Å². The zero-order chi connectivity index (χ0) is 22.7. The van der Waals surface area contributed by atoms with E-state index in [1.807, 2.05) is 12.1 Å². The Labute approximate surface area is 185 Å². The highest BCUT2D eigenvalue weighted by atomic mass is 16.8. The number of carboxylic acid groups (broad SMARTS) is 1. The van der Waals surface area contributed by atoms with Gasteiger partial charge < -0.3 is 33.5 Å². The molecule has 9 nitrogen and oxygen atoms in total. The Morgan fingerprint density at radius 1 is 1.16 bits per heavy atom. The van der Waals surface area contributed by atoms with Crippen LogP contribution in [0.4, 0.5) is 0 Å². The Balaban J connectivity index is 1.74. The van der Waals surface area contributed by atoms with E-state index < -0.39 is 34.7 Å². The lowest BCUT2D eigenvalue weighted by molar-refractivity contribution is -0.285. The molecule has 3 aliphatic carbocycles. The van der Waals surface area contributed by atoms with Gasteiger partial charge in [0.1, 0.15) is 23.7 Å². The van der Waals surface area contributed by atoms with Crippen molar-refractivity contribution in [3.05, 3.63) is 34.9 Å². The number of methoxy groups -OCH3 is 3. The van der Waals surface area contributed by atoms with E-state index in [0.29, 0.717) is 43.6 Å². The molecule has 32 heavy (non-hydrogen) atoms. The van der Waals surface area contributed by atoms with Gasteiger partial charge in [-0.05, 0) is 29.2 Å². The molecule has 5 rings (SSSR count). The number of carbonyl (C=O) groups excluding carboxylic acids is 1. The summed E-state index contributed by atoms with van der Waals surface area (Å²) in [6.45, 7) is 0.824. The van der Waals surface area contributed by atoms with Crippen molar-refractivity contribution in [2.75, 3.05) is 41.3 Å². The normalized spacial score (nSPS) is 31.2. The highest BCUT2D eigenvalue weighted by molar-refractivity contribution is 6.02. The van der Waals surface area contributed by atoms with Crippen LogP contribution in [0.2, 0.25) is 0 Å². The minimum Gasteiger partial charge on any atom is -0.496 e. The molecule has 1 N–H and O–H groups in total. The summed E-state index contributed by atoms with van der Waals surface area (Å²) in [5.74, 6) is -3.50. The van der Waals surface area contributed by atoms with E-state index in [0.717, 1.165) is 5.57 Å². The van der Waals surface area contributed by atoms with Crippen LogP contribution in [0.25, 0.3) is 5.57 Å². The molecule has 0 unspecified atom stereocenters. The molecule has 1 saturated carbocycles. The summed E-state index contributed by atoms with van der Waals surface area (Å²) in [6, 6.07) is 3.50. The van der Waals surface area contributed by atoms with Gasteiger partial charge in [0.05, 0.1) is 33.4 Å². The molecule has 1 aliphatic heterocycles. The molecule has 2 bridgehead atoms. The Morgan fingerprint density at radius 3 is 2.53 bits per heavy atom. The molecule has 0 aromatic heterocycles. The van der Waals surface area contributed by atoms with Gasteiger partial charge in [-0.25, -0.2) is 4.79 Å². The first-order chi connectivity index (χ1) is 15.4. The van der Waals surface area contributed by atoms with Crippen molar-refractivity contribution in [1.29, 1.82) is 0 Å². The Hall–Kier alpha value is -2.46. The van der Waals surface area contributed by atoms with Gasteiger partial charge >= 0.3 is 11.9 Å². The SMILES string of the molecule is COCO[C@]12CC=C3c4ccc(OC)c(C(=O)OC)c4[C@@H](C(=O)O)[C@@]3(CC13OCCO3)C2. The second-order valence-electron chi connectivity index (χ2n) is 8.69. The van der Waals surface area contributed by atoms with Gasteiger partial charge in [0.15, 0.2) is 5.79 Å². The van der Waals surface area contributed by atoms with Crippen LogP contribution >= 0.6 is 0 Å². The molecular formula is C23H26O9. The molecule has 3 atom stereocenters. The number of hydrogen-bond acceptors (Lipinski definition) is 8. The fourth-order valence-corrected chi connectivity index (χ4v) is 6.37. The molecule has 2 spiro atoms. The van der Waals surface area contributed by atoms with Crippen molar-refractivity contribution in [3.63, 3.8) is 0 Å². The van der Waals surface area contributed by atoms with Gasteiger partial charge in [0.25, 0.3) is 0 Å². The average Bonchev–Trinajstić information content (AvgIpc) is 3.42. The van der Waals surface area contributed by atoms with Crippen LogP contribution in [0.1, 0.15) is 46.7 Å². The topological polar surface area (TPSA) is 110 Å². The second kappa shape index (κ2) is 7.28. The minimum absolute atomic E-state index is 0.0274. The van der Waals surface area contributed by atoms with Crippen molar-refractivity contribution in [2.24, 2.45) is 5.41 Å². The maximum absolute atomic E-state index is 12.8. The number of carbonyl (C=O) groups is 2. The molecule has 1 aromatic carbocycles. The van der Waals surface area contributed by atoms with Crippen LogP contribution in [-0.4, -0.2) is 69.8 Å². The van der Waals surface area contributed by atoms with Crippen molar-refractivity contribution in [2.45, 2.75) is 36.6 Å². The molecule has 1 heterocycles. The lowest BCUT2D eigenvalue weighted by atomic mass is 9.68. The molecule has 9 heteroatoms. The highest BCUT2D eigenvalue weighted by Gasteiger charge is 2.75. The van der Waals surface area contributed by atoms with Crippen LogP contribution in [0.5, 0.6) is 5.75 Å². The lowest BCUT2D eigenvalue weighted by Gasteiger charge is -2.42. The van der Waals surface area contributed by atoms with Gasteiger partial charge in [0, 0.05) is 25.4 Å². The lowest BCUT2D eigenvalue weighted by Crippen LogP contribution is -2.53. The smallest absolute Gasteiger partial charge is 0.341 e. The predicted octanol–water partition coefficient (Wildman–Crippen LogP) is 2.33. The van der Waals surface area contributed by atoms with Crippen LogP contribution in [0.3, 0.4) is 0 Å². The molecule has 1 aromatic rings. The van der Waals surface area contributed by atoms with Gasteiger partial charge in [-0.3, -0.25) is 4.79 Å². The van der Waals surface area contributed by atoms with Crippen molar-refractivity contribution >= 4 is 17.5 Å². The standard InChI is InChI=1S/C23H26O9/c1-27-12-32-22-7-6-14-13-4-5-15(28-2)17(20(26)29-3)16(13)18(19(24)25)21(14,10-22)11-23(22)30-8-9-31-23/h4-6,18H,7-12H2,1-3H3,(H,24,25)/t18-,21+,22-/m0/s1. The summed E-state index contributed by atoms with van der Waals surface area (Å²) in [4.78, 5) is 25.6. The number of fused-ring (bicyclic) bond motifs is 4. The monoisotopic (exact) mass is 446 g/mol. The number of rotatable bonds is 6. The Kier molecular flexibility index (Phi) is 4.86. The summed E-state index contributed by atoms with van der Waals surface area (Å²) in [5, 5.41) is 10.5. The first-order valence-electron chi connectivity index (χ1n) is 10.5. The third-order valence-electron chi connectivity index (χ3n) is 7.42. The quantitative estimate of drug-likeness (QED) is 0.520. The fourth-order valence-electron chi connectivity index (χ4n) is 6.37. The first-order valence-corrected chi connectivity index (χ1v) is 10.5. The number of carboxylic acids is 1. The number of aliphatic carboxylic acids is 1. The Bertz CT molecular complexity index is 1010. The number of benzene rings is 1. The molecule has 0 radical (unpaired) electrons. The molecule has 172 valence electrons. The molecule has 1 saturated heterocycles. The van der Waals surface area contributed by atoms with Crippen LogP contribution in [0, 0.1) is 5.41 Å². The maximum Gasteiger partial charge on any atom is 0.341 e. The van der Waals surface area contributed by atoms with Crippen molar-refractivity contribution in [1.82, 2.24) is 0 Å². The molecular weight excluding hydrogens is 420 g/mol. The number of ether oxygens (including phenoxy) is 6. The predicted molar refractivity (Wildman–Crippen MR) is 109 cm³/mol. The first kappa shape index (κ1) is 21.4. The minimum atomic E-state index is -1.09. The van der Waals surface area contributed by atoms with Gasteiger partial charge in [-0.1, -0.05) is 12.1 Å². The van der Waals surface area contributed by atoms with E-state index >= 15 is 0 Å². The summed E-state index contributed by atoms with van der Waals surface area (Å²) < 4.78 is 34.1. The van der Waals surface area contributed by atoms with E-state index in [1.54, 1.807) is 6.07 Å². The van der Waals surface area contributed by atoms with E-state index in [4.69, 9.17) is 28.4 Å². The summed E-state index contributed by atoms with van der Waals surface area (Å²) in [7, 11) is 4.25. The summed E-state index contributed by atoms with van der Waals surface area (Å²) in [6.07, 6.45) is 3.14. The number of esters is 1. The average molecular weight is 446 g/mol. The number of allylic oxidation sites excluding steroid dienone is 1. The van der Waals surface area contributed by atoms with Crippen molar-refractivity contribution in [3.8, 4) is 5.75 Å². The second-order valence-corrected chi connectivity index (χ2v) is 8.69. The zero-order valence-corrected chi connectivity index (χ0v) is 18.3. The summed E-state index contributed by atoms with van der Waals surface area (Å²) >= 11 is 0. The third-order valence-corrected chi connectivity index (χ3v) is 7.42. The zero-order valence-electron chi connectivity index (χ0n) is 18.3. The summed E-state index contributed by atoms with van der Waals surface area (Å²) in [5.41, 5.74) is 0.373. The van der Waals surface area contributed by atoms with Crippen LogP contribution in [-0.2, 0) is 28.5 Å². The molecule has 0 amide bonds. The number of hydrogen-bond donors (Lipinski definition) is 1. The van der Waals surface area contributed by atoms with E-state index in [-0.39, 0.29) is 18.1 Å². The van der Waals surface area contributed by atoms with Crippen molar-refractivity contribution < 1.29 is 43.1 Å². The van der Waals surface area contributed by atoms with Gasteiger partial charge in [-0.2, -0.15) is 0 Å². The molecule has 2 fully saturated rings. The Morgan fingerprint density at radius 2 is 1.91 bits per heavy atom. The highest BCUT2D eigenvalue weighted by Crippen LogP contribution is 2.73. The maximum atomic E-state index is 12.8.